The number of hydrogen-bond acceptors (Lipinski definition) is 3. The molecule has 1 aromatic carbocycles. The molecule has 1 aliphatic heterocycles. The molecule has 120 valence electrons. The molecule has 2 rings (SSSR count). The Balaban J connectivity index is 1.73. The largest absolute Gasteiger partial charge is 0.481 e. The molecule has 0 radical (unpaired) electrons. The minimum Gasteiger partial charge on any atom is -0.481 e. The van der Waals surface area contributed by atoms with Crippen molar-refractivity contribution in [2.24, 2.45) is 5.92 Å². The minimum atomic E-state index is -0.875. The molecule has 22 heavy (non-hydrogen) atoms. The van der Waals surface area contributed by atoms with E-state index < -0.39 is 5.97 Å². The maximum atomic E-state index is 11.9. The molecule has 0 atom stereocenters. The number of carboxylic acid groups (broad SMARTS) is 1. The van der Waals surface area contributed by atoms with E-state index in [4.69, 9.17) is 9.84 Å². The van der Waals surface area contributed by atoms with Crippen molar-refractivity contribution >= 4 is 17.6 Å². The van der Waals surface area contributed by atoms with Gasteiger partial charge in [-0.3, -0.25) is 9.59 Å². The van der Waals surface area contributed by atoms with Gasteiger partial charge in [0.05, 0.1) is 6.42 Å². The van der Waals surface area contributed by atoms with Crippen LogP contribution in [-0.4, -0.2) is 30.2 Å². The van der Waals surface area contributed by atoms with Crippen LogP contribution >= 0.6 is 0 Å². The molecular formula is C17H23NO4. The highest BCUT2D eigenvalue weighted by molar-refractivity contribution is 5.90. The van der Waals surface area contributed by atoms with E-state index >= 15 is 0 Å². The summed E-state index contributed by atoms with van der Waals surface area (Å²) in [5.41, 5.74) is 1.35. The Bertz CT molecular complexity index is 509. The molecule has 1 saturated heterocycles. The summed E-state index contributed by atoms with van der Waals surface area (Å²) >= 11 is 0. The highest BCUT2D eigenvalue weighted by Crippen LogP contribution is 2.21. The second kappa shape index (κ2) is 8.54. The van der Waals surface area contributed by atoms with Gasteiger partial charge in [0.25, 0.3) is 0 Å². The van der Waals surface area contributed by atoms with Gasteiger partial charge in [-0.1, -0.05) is 12.1 Å². The van der Waals surface area contributed by atoms with E-state index in [0.29, 0.717) is 23.6 Å². The first-order chi connectivity index (χ1) is 10.6. The van der Waals surface area contributed by atoms with Crippen molar-refractivity contribution in [3.63, 3.8) is 0 Å². The molecule has 0 unspecified atom stereocenters. The maximum absolute atomic E-state index is 11.9. The normalized spacial score (nSPS) is 15.5. The molecule has 5 nitrogen and oxygen atoms in total. The second-order valence-corrected chi connectivity index (χ2v) is 5.77. The van der Waals surface area contributed by atoms with Crippen LogP contribution in [-0.2, 0) is 20.7 Å². The SMILES string of the molecule is O=C(O)Cc1cccc(NC(=O)CCCC2CCOCC2)c1. The zero-order valence-corrected chi connectivity index (χ0v) is 12.7. The van der Waals surface area contributed by atoms with Gasteiger partial charge in [0, 0.05) is 25.3 Å². The first-order valence-corrected chi connectivity index (χ1v) is 7.82. The lowest BCUT2D eigenvalue weighted by Crippen LogP contribution is -2.17. The summed E-state index contributed by atoms with van der Waals surface area (Å²) in [6, 6.07) is 7.00. The van der Waals surface area contributed by atoms with Crippen LogP contribution in [0, 0.1) is 5.92 Å². The number of aliphatic carboxylic acids is 1. The second-order valence-electron chi connectivity index (χ2n) is 5.77. The number of rotatable bonds is 7. The van der Waals surface area contributed by atoms with Crippen LogP contribution in [0.2, 0.25) is 0 Å². The molecule has 5 heteroatoms. The standard InChI is InChI=1S/C17H23NO4/c19-16(6-2-3-13-7-9-22-10-8-13)18-15-5-1-4-14(11-15)12-17(20)21/h1,4-5,11,13H,2-3,6-10,12H2,(H,18,19)(H,20,21). The Morgan fingerprint density at radius 2 is 2.05 bits per heavy atom. The number of hydrogen-bond donors (Lipinski definition) is 2. The van der Waals surface area contributed by atoms with Crippen LogP contribution in [0.15, 0.2) is 24.3 Å². The fraction of sp³-hybridized carbons (Fsp3) is 0.529. The zero-order chi connectivity index (χ0) is 15.8. The van der Waals surface area contributed by atoms with E-state index in [2.05, 4.69) is 5.32 Å². The molecule has 1 fully saturated rings. The Morgan fingerprint density at radius 3 is 2.77 bits per heavy atom. The van der Waals surface area contributed by atoms with E-state index in [1.165, 1.54) is 0 Å². The number of benzene rings is 1. The molecule has 0 saturated carbocycles. The third-order valence-electron chi connectivity index (χ3n) is 3.92. The summed E-state index contributed by atoms with van der Waals surface area (Å²) in [6.07, 6.45) is 4.60. The Morgan fingerprint density at radius 1 is 1.27 bits per heavy atom. The lowest BCUT2D eigenvalue weighted by Gasteiger charge is -2.21. The van der Waals surface area contributed by atoms with Crippen LogP contribution in [0.25, 0.3) is 0 Å². The molecule has 0 aromatic heterocycles. The van der Waals surface area contributed by atoms with Crippen molar-refractivity contribution in [2.75, 3.05) is 18.5 Å². The number of nitrogens with one attached hydrogen (secondary N) is 1. The summed E-state index contributed by atoms with van der Waals surface area (Å²) in [6.45, 7) is 1.68. The minimum absolute atomic E-state index is 0.0143. The van der Waals surface area contributed by atoms with Gasteiger partial charge in [-0.2, -0.15) is 0 Å². The quantitative estimate of drug-likeness (QED) is 0.812. The first kappa shape index (κ1) is 16.5. The van der Waals surface area contributed by atoms with Crippen molar-refractivity contribution < 1.29 is 19.4 Å². The fourth-order valence-electron chi connectivity index (χ4n) is 2.74. The molecule has 2 N–H and O–H groups in total. The Hall–Kier alpha value is -1.88. The zero-order valence-electron chi connectivity index (χ0n) is 12.7. The van der Waals surface area contributed by atoms with Crippen LogP contribution in [0.1, 0.15) is 37.7 Å². The van der Waals surface area contributed by atoms with Crippen LogP contribution in [0.3, 0.4) is 0 Å². The van der Waals surface area contributed by atoms with E-state index in [1.54, 1.807) is 24.3 Å². The van der Waals surface area contributed by atoms with Crippen molar-refractivity contribution in [3.05, 3.63) is 29.8 Å². The van der Waals surface area contributed by atoms with Gasteiger partial charge >= 0.3 is 5.97 Å². The van der Waals surface area contributed by atoms with Gasteiger partial charge in [0.2, 0.25) is 5.91 Å². The van der Waals surface area contributed by atoms with E-state index in [9.17, 15) is 9.59 Å². The summed E-state index contributed by atoms with van der Waals surface area (Å²) in [5, 5.41) is 11.6. The number of anilines is 1. The van der Waals surface area contributed by atoms with Crippen molar-refractivity contribution in [3.8, 4) is 0 Å². The predicted octanol–water partition coefficient (Wildman–Crippen LogP) is 2.85. The Labute approximate surface area is 130 Å². The predicted molar refractivity (Wildman–Crippen MR) is 83.8 cm³/mol. The van der Waals surface area contributed by atoms with Crippen LogP contribution in [0.5, 0.6) is 0 Å². The maximum Gasteiger partial charge on any atom is 0.307 e. The molecule has 0 aliphatic carbocycles. The first-order valence-electron chi connectivity index (χ1n) is 7.82. The summed E-state index contributed by atoms with van der Waals surface area (Å²) in [5.74, 6) is -0.208. The van der Waals surface area contributed by atoms with Gasteiger partial charge in [0.1, 0.15) is 0 Å². The number of carbonyl (C=O) groups is 2. The molecular weight excluding hydrogens is 282 g/mol. The average Bonchev–Trinajstić information content (AvgIpc) is 2.48. The van der Waals surface area contributed by atoms with Gasteiger partial charge in [-0.05, 0) is 49.3 Å². The van der Waals surface area contributed by atoms with Crippen LogP contribution in [0.4, 0.5) is 5.69 Å². The summed E-state index contributed by atoms with van der Waals surface area (Å²) < 4.78 is 5.32. The molecule has 1 amide bonds. The lowest BCUT2D eigenvalue weighted by molar-refractivity contribution is -0.136. The topological polar surface area (TPSA) is 75.6 Å². The number of carbonyl (C=O) groups excluding carboxylic acids is 1. The van der Waals surface area contributed by atoms with Gasteiger partial charge in [0.15, 0.2) is 0 Å². The molecule has 1 heterocycles. The van der Waals surface area contributed by atoms with E-state index in [0.717, 1.165) is 38.9 Å². The number of amides is 1. The highest BCUT2D eigenvalue weighted by Gasteiger charge is 2.14. The highest BCUT2D eigenvalue weighted by atomic mass is 16.5. The van der Waals surface area contributed by atoms with Crippen molar-refractivity contribution in [1.29, 1.82) is 0 Å². The van der Waals surface area contributed by atoms with E-state index in [-0.39, 0.29) is 12.3 Å². The number of carboxylic acids is 1. The van der Waals surface area contributed by atoms with E-state index in [1.807, 2.05) is 0 Å². The average molecular weight is 305 g/mol. The lowest BCUT2D eigenvalue weighted by atomic mass is 9.94. The molecule has 0 bridgehead atoms. The molecule has 1 aromatic rings. The summed E-state index contributed by atoms with van der Waals surface area (Å²) in [4.78, 5) is 22.6. The summed E-state index contributed by atoms with van der Waals surface area (Å²) in [7, 11) is 0. The van der Waals surface area contributed by atoms with Crippen LogP contribution < -0.4 is 5.32 Å². The number of ether oxygens (including phenoxy) is 1. The smallest absolute Gasteiger partial charge is 0.307 e. The molecule has 1 aliphatic rings. The third-order valence-corrected chi connectivity index (χ3v) is 3.92. The van der Waals surface area contributed by atoms with Gasteiger partial charge < -0.3 is 15.2 Å². The fourth-order valence-corrected chi connectivity index (χ4v) is 2.74. The van der Waals surface area contributed by atoms with Crippen molar-refractivity contribution in [1.82, 2.24) is 0 Å². The van der Waals surface area contributed by atoms with Crippen molar-refractivity contribution in [2.45, 2.75) is 38.5 Å². The van der Waals surface area contributed by atoms with Gasteiger partial charge in [-0.25, -0.2) is 0 Å². The van der Waals surface area contributed by atoms with Gasteiger partial charge in [-0.15, -0.1) is 0 Å². The molecule has 0 spiro atoms. The Kier molecular flexibility index (Phi) is 6.40. The monoisotopic (exact) mass is 305 g/mol. The third kappa shape index (κ3) is 5.85.